The molecule has 70 valence electrons. The Morgan fingerprint density at radius 1 is 1.29 bits per heavy atom. The normalized spacial score (nSPS) is 8.57. The zero-order chi connectivity index (χ0) is 10.6. The van der Waals surface area contributed by atoms with Gasteiger partial charge in [0, 0.05) is 17.0 Å². The highest BCUT2D eigenvalue weighted by molar-refractivity contribution is 5.98. The third-order valence-corrected chi connectivity index (χ3v) is 1.54. The molecule has 0 aliphatic carbocycles. The Morgan fingerprint density at radius 2 is 1.93 bits per heavy atom. The van der Waals surface area contributed by atoms with E-state index < -0.39 is 5.91 Å². The largest absolute Gasteiger partial charge is 0.384 e. The standard InChI is InChI=1S/C10H9N3O/c11-9(14)6-5-7-3-1-2-4-8(7)10(12)13/h1-4H,(H2,11,14)(H3,12,13). The van der Waals surface area contributed by atoms with Crippen molar-refractivity contribution in [3.05, 3.63) is 35.4 Å². The van der Waals surface area contributed by atoms with Crippen LogP contribution in [0.1, 0.15) is 11.1 Å². The van der Waals surface area contributed by atoms with E-state index in [9.17, 15) is 4.79 Å². The lowest BCUT2D eigenvalue weighted by atomic mass is 10.1. The Hall–Kier alpha value is -2.28. The number of amidine groups is 1. The molecule has 0 unspecified atom stereocenters. The smallest absolute Gasteiger partial charge is 0.293 e. The summed E-state index contributed by atoms with van der Waals surface area (Å²) in [5.41, 5.74) is 11.2. The number of benzene rings is 1. The third-order valence-electron chi connectivity index (χ3n) is 1.54. The Balaban J connectivity index is 3.16. The highest BCUT2D eigenvalue weighted by atomic mass is 16.1. The van der Waals surface area contributed by atoms with Gasteiger partial charge in [0.25, 0.3) is 5.91 Å². The first-order chi connectivity index (χ1) is 6.61. The van der Waals surface area contributed by atoms with Crippen LogP contribution in [0, 0.1) is 17.3 Å². The number of nitrogen functional groups attached to an aromatic ring is 1. The molecule has 1 amide bonds. The van der Waals surface area contributed by atoms with Crippen molar-refractivity contribution in [3.8, 4) is 11.8 Å². The second-order valence-corrected chi connectivity index (χ2v) is 2.57. The monoisotopic (exact) mass is 187 g/mol. The Morgan fingerprint density at radius 3 is 2.50 bits per heavy atom. The van der Waals surface area contributed by atoms with Gasteiger partial charge in [0.1, 0.15) is 5.84 Å². The molecule has 0 fully saturated rings. The fraction of sp³-hybridized carbons (Fsp3) is 0. The molecule has 14 heavy (non-hydrogen) atoms. The molecule has 0 bridgehead atoms. The van der Waals surface area contributed by atoms with E-state index in [1.54, 1.807) is 24.3 Å². The lowest BCUT2D eigenvalue weighted by molar-refractivity contribution is -0.112. The average molecular weight is 187 g/mol. The number of nitrogens with one attached hydrogen (secondary N) is 1. The van der Waals surface area contributed by atoms with E-state index in [1.165, 1.54) is 0 Å². The van der Waals surface area contributed by atoms with Gasteiger partial charge < -0.3 is 11.5 Å². The molecular formula is C10H9N3O. The molecule has 0 aromatic heterocycles. The minimum atomic E-state index is -0.705. The van der Waals surface area contributed by atoms with Crippen molar-refractivity contribution < 1.29 is 4.79 Å². The summed E-state index contributed by atoms with van der Waals surface area (Å²) in [5, 5.41) is 7.26. The van der Waals surface area contributed by atoms with Gasteiger partial charge in [-0.3, -0.25) is 10.2 Å². The van der Waals surface area contributed by atoms with Crippen LogP contribution in [0.25, 0.3) is 0 Å². The molecular weight excluding hydrogens is 178 g/mol. The number of primary amides is 1. The highest BCUT2D eigenvalue weighted by Gasteiger charge is 2.00. The van der Waals surface area contributed by atoms with E-state index >= 15 is 0 Å². The minimum Gasteiger partial charge on any atom is -0.384 e. The zero-order valence-corrected chi connectivity index (χ0v) is 7.37. The van der Waals surface area contributed by atoms with Crippen LogP contribution in [0.2, 0.25) is 0 Å². The molecule has 5 N–H and O–H groups in total. The maximum atomic E-state index is 10.4. The van der Waals surface area contributed by atoms with Crippen molar-refractivity contribution in [2.24, 2.45) is 11.5 Å². The molecule has 1 aromatic carbocycles. The highest BCUT2D eigenvalue weighted by Crippen LogP contribution is 2.05. The van der Waals surface area contributed by atoms with Crippen molar-refractivity contribution in [2.45, 2.75) is 0 Å². The maximum absolute atomic E-state index is 10.4. The molecule has 1 rings (SSSR count). The van der Waals surface area contributed by atoms with Gasteiger partial charge in [-0.2, -0.15) is 0 Å². The van der Waals surface area contributed by atoms with Gasteiger partial charge in [0.2, 0.25) is 0 Å². The van der Waals surface area contributed by atoms with Crippen LogP contribution >= 0.6 is 0 Å². The van der Waals surface area contributed by atoms with Crippen molar-refractivity contribution in [2.75, 3.05) is 0 Å². The summed E-state index contributed by atoms with van der Waals surface area (Å²) in [6.45, 7) is 0. The van der Waals surface area contributed by atoms with Crippen molar-refractivity contribution in [1.82, 2.24) is 0 Å². The summed E-state index contributed by atoms with van der Waals surface area (Å²) in [7, 11) is 0. The van der Waals surface area contributed by atoms with Crippen molar-refractivity contribution in [3.63, 3.8) is 0 Å². The van der Waals surface area contributed by atoms with Crippen LogP contribution in [-0.4, -0.2) is 11.7 Å². The third kappa shape index (κ3) is 2.35. The number of carbonyl (C=O) groups is 1. The predicted molar refractivity (Wildman–Crippen MR) is 53.5 cm³/mol. The zero-order valence-electron chi connectivity index (χ0n) is 7.37. The van der Waals surface area contributed by atoms with Crippen LogP contribution in [0.4, 0.5) is 0 Å². The lowest BCUT2D eigenvalue weighted by Crippen LogP contribution is -2.13. The molecule has 0 aliphatic rings. The van der Waals surface area contributed by atoms with Crippen molar-refractivity contribution >= 4 is 11.7 Å². The molecule has 0 atom stereocenters. The van der Waals surface area contributed by atoms with E-state index in [1.807, 2.05) is 0 Å². The van der Waals surface area contributed by atoms with Gasteiger partial charge in [0.05, 0.1) is 0 Å². The fourth-order valence-electron chi connectivity index (χ4n) is 0.956. The topological polar surface area (TPSA) is 93.0 Å². The van der Waals surface area contributed by atoms with E-state index in [2.05, 4.69) is 11.8 Å². The van der Waals surface area contributed by atoms with Crippen molar-refractivity contribution in [1.29, 1.82) is 5.41 Å². The summed E-state index contributed by atoms with van der Waals surface area (Å²) < 4.78 is 0. The Kier molecular flexibility index (Phi) is 2.87. The number of hydrogen-bond acceptors (Lipinski definition) is 2. The summed E-state index contributed by atoms with van der Waals surface area (Å²) in [6, 6.07) is 6.82. The molecule has 0 heterocycles. The summed E-state index contributed by atoms with van der Waals surface area (Å²) >= 11 is 0. The molecule has 0 spiro atoms. The molecule has 4 heteroatoms. The van der Waals surface area contributed by atoms with E-state index in [0.717, 1.165) is 0 Å². The summed E-state index contributed by atoms with van der Waals surface area (Å²) in [5.74, 6) is 3.95. The fourth-order valence-corrected chi connectivity index (χ4v) is 0.956. The first-order valence-electron chi connectivity index (χ1n) is 3.86. The number of carbonyl (C=O) groups excluding carboxylic acids is 1. The summed E-state index contributed by atoms with van der Waals surface area (Å²) in [4.78, 5) is 10.4. The SMILES string of the molecule is N=C(N)c1ccccc1C#CC(N)=O. The van der Waals surface area contributed by atoms with Crippen LogP contribution < -0.4 is 11.5 Å². The molecule has 1 aromatic rings. The maximum Gasteiger partial charge on any atom is 0.293 e. The van der Waals surface area contributed by atoms with Gasteiger partial charge >= 0.3 is 0 Å². The van der Waals surface area contributed by atoms with Crippen LogP contribution in [-0.2, 0) is 4.79 Å². The van der Waals surface area contributed by atoms with E-state index in [4.69, 9.17) is 16.9 Å². The lowest BCUT2D eigenvalue weighted by Gasteiger charge is -1.99. The number of rotatable bonds is 1. The minimum absolute atomic E-state index is 0.0839. The first kappa shape index (κ1) is 9.81. The number of amides is 1. The van der Waals surface area contributed by atoms with Crippen LogP contribution in [0.15, 0.2) is 24.3 Å². The number of hydrogen-bond donors (Lipinski definition) is 3. The second-order valence-electron chi connectivity index (χ2n) is 2.57. The quantitative estimate of drug-likeness (QED) is 0.323. The van der Waals surface area contributed by atoms with E-state index in [-0.39, 0.29) is 5.84 Å². The summed E-state index contributed by atoms with van der Waals surface area (Å²) in [6.07, 6.45) is 0. The average Bonchev–Trinajstić information content (AvgIpc) is 2.15. The van der Waals surface area contributed by atoms with Gasteiger partial charge in [-0.15, -0.1) is 0 Å². The predicted octanol–water partition coefficient (Wildman–Crippen LogP) is -0.193. The van der Waals surface area contributed by atoms with Gasteiger partial charge in [-0.25, -0.2) is 0 Å². The Labute approximate surface area is 81.4 Å². The molecule has 0 aliphatic heterocycles. The van der Waals surface area contributed by atoms with Gasteiger partial charge in [0.15, 0.2) is 0 Å². The second kappa shape index (κ2) is 4.10. The van der Waals surface area contributed by atoms with Crippen LogP contribution in [0.3, 0.4) is 0 Å². The number of nitrogens with two attached hydrogens (primary N) is 2. The molecule has 0 saturated carbocycles. The van der Waals surface area contributed by atoms with Gasteiger partial charge in [-0.05, 0) is 6.07 Å². The van der Waals surface area contributed by atoms with Gasteiger partial charge in [-0.1, -0.05) is 24.1 Å². The molecule has 0 saturated heterocycles. The van der Waals surface area contributed by atoms with E-state index in [0.29, 0.717) is 11.1 Å². The molecule has 4 nitrogen and oxygen atoms in total. The molecule has 0 radical (unpaired) electrons. The Bertz CT molecular complexity index is 440. The first-order valence-corrected chi connectivity index (χ1v) is 3.86. The van der Waals surface area contributed by atoms with Crippen LogP contribution in [0.5, 0.6) is 0 Å².